The molecule has 0 saturated carbocycles. The van der Waals surface area contributed by atoms with Crippen LogP contribution in [0.25, 0.3) is 0 Å². The average molecular weight is 275 g/mol. The van der Waals surface area contributed by atoms with Crippen LogP contribution in [0.5, 0.6) is 0 Å². The summed E-state index contributed by atoms with van der Waals surface area (Å²) < 4.78 is 0. The van der Waals surface area contributed by atoms with E-state index in [4.69, 9.17) is 0 Å². The number of thiol groups is 1. The van der Waals surface area contributed by atoms with Gasteiger partial charge in [0.25, 0.3) is 0 Å². The van der Waals surface area contributed by atoms with E-state index in [1.807, 2.05) is 0 Å². The number of rotatable bonds is 2. The largest absolute Gasteiger partial charge is 0.813 e. The SMILES string of the molecule is C[CH2][Al+].[SH-].c1ccc(Pc2ccccc2)cc1. The predicted molar refractivity (Wildman–Crippen MR) is 85.5 cm³/mol. The second-order valence-corrected chi connectivity index (χ2v) is 5.49. The third-order valence-electron chi connectivity index (χ3n) is 1.84. The molecule has 0 unspecified atom stereocenters. The molecule has 17 heavy (non-hydrogen) atoms. The summed E-state index contributed by atoms with van der Waals surface area (Å²) in [4.78, 5) is 0. The van der Waals surface area contributed by atoms with Crippen LogP contribution in [0, 0.1) is 0 Å². The Balaban J connectivity index is 0.000000583. The molecule has 0 aliphatic carbocycles. The van der Waals surface area contributed by atoms with Crippen molar-refractivity contribution in [3.63, 3.8) is 0 Å². The molecule has 0 aliphatic rings. The van der Waals surface area contributed by atoms with Crippen LogP contribution in [-0.4, -0.2) is 16.3 Å². The Morgan fingerprint density at radius 3 is 1.41 bits per heavy atom. The topological polar surface area (TPSA) is 0 Å². The van der Waals surface area contributed by atoms with Gasteiger partial charge in [-0.05, 0) is 10.6 Å². The van der Waals surface area contributed by atoms with E-state index in [-0.39, 0.29) is 13.5 Å². The normalized spacial score (nSPS) is 8.47. The molecule has 0 aliphatic heterocycles. The van der Waals surface area contributed by atoms with Crippen molar-refractivity contribution < 1.29 is 0 Å². The Morgan fingerprint density at radius 2 is 1.12 bits per heavy atom. The summed E-state index contributed by atoms with van der Waals surface area (Å²) in [6.07, 6.45) is 0. The summed E-state index contributed by atoms with van der Waals surface area (Å²) in [6, 6.07) is 21.2. The third-order valence-corrected chi connectivity index (χ3v) is 3.08. The monoisotopic (exact) mass is 275 g/mol. The predicted octanol–water partition coefficient (Wildman–Crippen LogP) is 2.64. The maximum atomic E-state index is 2.58. The van der Waals surface area contributed by atoms with E-state index in [2.05, 4.69) is 83.9 Å². The minimum absolute atomic E-state index is 0. The van der Waals surface area contributed by atoms with Crippen molar-refractivity contribution in [2.45, 2.75) is 12.2 Å². The van der Waals surface area contributed by atoms with E-state index in [9.17, 15) is 0 Å². The van der Waals surface area contributed by atoms with Gasteiger partial charge in [-0.3, -0.25) is 0 Å². The molecular weight excluding hydrogens is 258 g/mol. The van der Waals surface area contributed by atoms with Gasteiger partial charge in [-0.25, -0.2) is 0 Å². The zero-order valence-electron chi connectivity index (χ0n) is 10.0. The molecule has 0 amide bonds. The van der Waals surface area contributed by atoms with E-state index in [1.54, 1.807) is 0 Å². The molecule has 2 aromatic carbocycles. The summed E-state index contributed by atoms with van der Waals surface area (Å²) in [5.74, 6) is 0. The first-order valence-electron chi connectivity index (χ1n) is 5.44. The Hall–Kier alpha value is -0.248. The minimum atomic E-state index is 0. The summed E-state index contributed by atoms with van der Waals surface area (Å²) in [6.45, 7) is 2.09. The van der Waals surface area contributed by atoms with Crippen LogP contribution in [0.2, 0.25) is 5.28 Å². The summed E-state index contributed by atoms with van der Waals surface area (Å²) in [5.41, 5.74) is 0. The minimum Gasteiger partial charge on any atom is -0.813 e. The van der Waals surface area contributed by atoms with Crippen molar-refractivity contribution >= 4 is 49.0 Å². The van der Waals surface area contributed by atoms with Crippen LogP contribution < -0.4 is 10.6 Å². The van der Waals surface area contributed by atoms with Crippen LogP contribution in [0.3, 0.4) is 0 Å². The van der Waals surface area contributed by atoms with Gasteiger partial charge in [0.1, 0.15) is 0 Å². The van der Waals surface area contributed by atoms with Gasteiger partial charge < -0.3 is 13.5 Å². The first kappa shape index (κ1) is 16.8. The van der Waals surface area contributed by atoms with Gasteiger partial charge >= 0.3 is 28.5 Å². The maximum Gasteiger partial charge on any atom is -0.0226 e. The molecule has 2 rings (SSSR count). The molecule has 0 bridgehead atoms. The molecule has 87 valence electrons. The van der Waals surface area contributed by atoms with Gasteiger partial charge in [0, 0.05) is 0 Å². The number of hydrogen-bond acceptors (Lipinski definition) is 1. The van der Waals surface area contributed by atoms with Crippen LogP contribution in [0.1, 0.15) is 6.92 Å². The molecule has 0 atom stereocenters. The number of hydrogen-bond donors (Lipinski definition) is 0. The van der Waals surface area contributed by atoms with Gasteiger partial charge in [-0.15, -0.1) is 0 Å². The quantitative estimate of drug-likeness (QED) is 0.351. The fourth-order valence-electron chi connectivity index (χ4n) is 1.21. The molecule has 0 spiro atoms. The van der Waals surface area contributed by atoms with Gasteiger partial charge in [0.15, 0.2) is 0 Å². The molecular formula is C14H17AlPS. The van der Waals surface area contributed by atoms with Gasteiger partial charge in [0.05, 0.1) is 0 Å². The first-order chi connectivity index (χ1) is 7.86. The molecule has 0 N–H and O–H groups in total. The van der Waals surface area contributed by atoms with E-state index in [0.717, 1.165) is 8.58 Å². The van der Waals surface area contributed by atoms with Gasteiger partial charge in [-0.1, -0.05) is 69.2 Å². The van der Waals surface area contributed by atoms with Gasteiger partial charge in [0.2, 0.25) is 0 Å². The fraction of sp³-hybridized carbons (Fsp3) is 0.143. The second kappa shape index (κ2) is 10.9. The van der Waals surface area contributed by atoms with Crippen molar-refractivity contribution in [3.05, 3.63) is 60.7 Å². The Bertz CT molecular complexity index is 340. The Labute approximate surface area is 121 Å². The Morgan fingerprint density at radius 1 is 0.824 bits per heavy atom. The van der Waals surface area contributed by atoms with Crippen LogP contribution >= 0.6 is 8.58 Å². The van der Waals surface area contributed by atoms with Crippen molar-refractivity contribution in [2.24, 2.45) is 0 Å². The molecule has 0 saturated heterocycles. The molecule has 0 fully saturated rings. The van der Waals surface area contributed by atoms with Crippen molar-refractivity contribution in [3.8, 4) is 0 Å². The second-order valence-electron chi connectivity index (χ2n) is 3.27. The molecule has 0 nitrogen and oxygen atoms in total. The fourth-order valence-corrected chi connectivity index (χ4v) is 2.26. The summed E-state index contributed by atoms with van der Waals surface area (Å²) in [5, 5.41) is 3.96. The zero-order valence-corrected chi connectivity index (χ0v) is 13.1. The molecule has 0 aromatic heterocycles. The van der Waals surface area contributed by atoms with Crippen LogP contribution in [-0.2, 0) is 13.5 Å². The molecule has 3 heteroatoms. The number of benzene rings is 2. The Kier molecular flexibility index (Phi) is 10.7. The first-order valence-corrected chi connectivity index (χ1v) is 7.25. The molecule has 2 aromatic rings. The summed E-state index contributed by atoms with van der Waals surface area (Å²) in [7, 11) is 0.777. The zero-order chi connectivity index (χ0) is 11.6. The van der Waals surface area contributed by atoms with Crippen molar-refractivity contribution in [1.29, 1.82) is 0 Å². The maximum absolute atomic E-state index is 2.58. The summed E-state index contributed by atoms with van der Waals surface area (Å²) >= 11 is 2.58. The van der Waals surface area contributed by atoms with E-state index < -0.39 is 0 Å². The third kappa shape index (κ3) is 7.64. The van der Waals surface area contributed by atoms with E-state index >= 15 is 0 Å². The van der Waals surface area contributed by atoms with Crippen LogP contribution in [0.4, 0.5) is 0 Å². The standard InChI is InChI=1S/C12H11P.C2H5.Al.H2S/c1-3-7-11(8-4-1)13-12-9-5-2-6-10-12;1-2;;/h1-10,13H;1H2,2H3;;1H2/q;;+1;/p-1. The van der Waals surface area contributed by atoms with E-state index in [0.29, 0.717) is 0 Å². The van der Waals surface area contributed by atoms with Crippen LogP contribution in [0.15, 0.2) is 60.7 Å². The molecule has 1 radical (unpaired) electrons. The van der Waals surface area contributed by atoms with E-state index in [1.165, 1.54) is 15.9 Å². The smallest absolute Gasteiger partial charge is 0.0226 e. The molecule has 0 heterocycles. The average Bonchev–Trinajstić information content (AvgIpc) is 2.33. The van der Waals surface area contributed by atoms with Crippen molar-refractivity contribution in [1.82, 2.24) is 0 Å². The van der Waals surface area contributed by atoms with Gasteiger partial charge in [-0.2, -0.15) is 0 Å². The van der Waals surface area contributed by atoms with Crippen molar-refractivity contribution in [2.75, 3.05) is 0 Å².